The van der Waals surface area contributed by atoms with Crippen molar-refractivity contribution in [2.75, 3.05) is 6.56 Å². The first-order valence-electron chi connectivity index (χ1n) is 14.1. The number of halogens is 1. The summed E-state index contributed by atoms with van der Waals surface area (Å²) >= 11 is 0. The molecule has 10 heteroatoms. The van der Waals surface area contributed by atoms with Gasteiger partial charge < -0.3 is 10.1 Å². The number of rotatable bonds is 7. The van der Waals surface area contributed by atoms with Gasteiger partial charge in [0, 0.05) is 22.3 Å². The average Bonchev–Trinajstić information content (AvgIpc) is 3.55. The molecular formula is C27H24FN7O2. The number of hydrogen-bond acceptors (Lipinski definition) is 6. The number of amides is 1. The number of hydrogen-bond donors (Lipinski definition) is 1. The monoisotopic (exact) mass is 502 g/mol. The molecule has 1 aromatic carbocycles. The molecule has 4 heterocycles. The summed E-state index contributed by atoms with van der Waals surface area (Å²) in [6.07, 6.45) is 5.59. The standard InChI is InChI=1S/C27H24FN7O2/c1-2-37-19-10-11-22(29-15-19)26-33-32-25(35(26)24-9-4-3-7-21(24)28)17-13-18(14-17)31-27(36)20-16-30-34-12-6-5-8-23(20)34/h3-12,15-18H,2,13-14H2,1H3,(H,31,36)/i1D3,2D2. The highest BCUT2D eigenvalue weighted by Gasteiger charge is 2.37. The molecule has 0 atom stereocenters. The molecule has 1 amide bonds. The van der Waals surface area contributed by atoms with Crippen molar-refractivity contribution < 1.29 is 20.8 Å². The number of carbonyl (C=O) groups excluding carboxylic acids is 1. The number of benzene rings is 1. The third kappa shape index (κ3) is 4.20. The van der Waals surface area contributed by atoms with Crippen LogP contribution >= 0.6 is 0 Å². The number of aromatic nitrogens is 6. The Morgan fingerprint density at radius 1 is 1.16 bits per heavy atom. The van der Waals surface area contributed by atoms with Crippen molar-refractivity contribution >= 4 is 11.4 Å². The van der Waals surface area contributed by atoms with Crippen LogP contribution in [-0.4, -0.2) is 47.9 Å². The first-order chi connectivity index (χ1) is 20.0. The molecule has 186 valence electrons. The molecule has 1 fully saturated rings. The Hall–Kier alpha value is -4.60. The zero-order chi connectivity index (χ0) is 29.6. The van der Waals surface area contributed by atoms with Crippen LogP contribution in [0.3, 0.4) is 0 Å². The Labute approximate surface area is 219 Å². The van der Waals surface area contributed by atoms with Gasteiger partial charge in [0.25, 0.3) is 5.91 Å². The molecule has 6 rings (SSSR count). The van der Waals surface area contributed by atoms with Crippen molar-refractivity contribution in [3.63, 3.8) is 0 Å². The summed E-state index contributed by atoms with van der Waals surface area (Å²) in [7, 11) is 0. The van der Waals surface area contributed by atoms with E-state index >= 15 is 4.39 Å². The van der Waals surface area contributed by atoms with E-state index in [0.717, 1.165) is 0 Å². The smallest absolute Gasteiger partial charge is 0.255 e. The van der Waals surface area contributed by atoms with Crippen LogP contribution in [0.5, 0.6) is 5.75 Å². The minimum atomic E-state index is -3.00. The van der Waals surface area contributed by atoms with Crippen molar-refractivity contribution in [1.29, 1.82) is 0 Å². The van der Waals surface area contributed by atoms with E-state index in [-0.39, 0.29) is 40.8 Å². The van der Waals surface area contributed by atoms with Crippen LogP contribution in [0.2, 0.25) is 0 Å². The van der Waals surface area contributed by atoms with Crippen LogP contribution in [0.4, 0.5) is 4.39 Å². The van der Waals surface area contributed by atoms with Gasteiger partial charge in [-0.3, -0.25) is 9.36 Å². The van der Waals surface area contributed by atoms with Crippen molar-refractivity contribution in [2.24, 2.45) is 0 Å². The lowest BCUT2D eigenvalue weighted by Crippen LogP contribution is -2.44. The highest BCUT2D eigenvalue weighted by molar-refractivity contribution is 6.00. The van der Waals surface area contributed by atoms with Crippen LogP contribution in [-0.2, 0) is 0 Å². The quantitative estimate of drug-likeness (QED) is 0.358. The lowest BCUT2D eigenvalue weighted by Gasteiger charge is -2.35. The highest BCUT2D eigenvalue weighted by atomic mass is 19.1. The molecule has 5 aromatic rings. The summed E-state index contributed by atoms with van der Waals surface area (Å²) in [5.41, 5.74) is 1.68. The summed E-state index contributed by atoms with van der Waals surface area (Å²) in [6, 6.07) is 14.4. The summed E-state index contributed by atoms with van der Waals surface area (Å²) in [5.74, 6) is -0.222. The fourth-order valence-corrected chi connectivity index (χ4v) is 4.55. The number of fused-ring (bicyclic) bond motifs is 1. The molecule has 9 nitrogen and oxygen atoms in total. The van der Waals surface area contributed by atoms with Crippen molar-refractivity contribution in [1.82, 2.24) is 34.7 Å². The van der Waals surface area contributed by atoms with Crippen molar-refractivity contribution in [3.8, 4) is 23.0 Å². The highest BCUT2D eigenvalue weighted by Crippen LogP contribution is 2.39. The topological polar surface area (TPSA) is 99.2 Å². The van der Waals surface area contributed by atoms with E-state index in [1.165, 1.54) is 30.6 Å². The third-order valence-electron chi connectivity index (χ3n) is 6.43. The molecule has 0 bridgehead atoms. The van der Waals surface area contributed by atoms with Crippen molar-refractivity contribution in [2.45, 2.75) is 31.7 Å². The van der Waals surface area contributed by atoms with Crippen LogP contribution in [0.25, 0.3) is 22.7 Å². The number of pyridine rings is 2. The molecule has 4 aromatic heterocycles. The Morgan fingerprint density at radius 2 is 2.03 bits per heavy atom. The number of para-hydroxylation sites is 1. The first-order valence-corrected chi connectivity index (χ1v) is 11.6. The molecule has 37 heavy (non-hydrogen) atoms. The average molecular weight is 503 g/mol. The maximum Gasteiger partial charge on any atom is 0.255 e. The zero-order valence-corrected chi connectivity index (χ0v) is 19.4. The van der Waals surface area contributed by atoms with Crippen molar-refractivity contribution in [3.05, 3.63) is 90.4 Å². The van der Waals surface area contributed by atoms with Gasteiger partial charge in [0.1, 0.15) is 23.1 Å². The SMILES string of the molecule is [2H]C([2H])([2H])C([2H])([2H])Oc1ccc(-c2nnc(C3CC(NC(=O)c4cnn5ccccc45)C3)n2-c2ccccc2F)nc1. The van der Waals surface area contributed by atoms with Gasteiger partial charge in [-0.1, -0.05) is 18.2 Å². The maximum absolute atomic E-state index is 15.0. The van der Waals surface area contributed by atoms with E-state index in [4.69, 9.17) is 11.6 Å². The molecule has 1 aliphatic rings. The van der Waals surface area contributed by atoms with Gasteiger partial charge in [0.05, 0.1) is 38.5 Å². The van der Waals surface area contributed by atoms with E-state index in [1.807, 2.05) is 18.2 Å². The van der Waals surface area contributed by atoms with E-state index in [9.17, 15) is 4.79 Å². The van der Waals surface area contributed by atoms with E-state index < -0.39 is 19.2 Å². The lowest BCUT2D eigenvalue weighted by molar-refractivity contribution is 0.0908. The molecule has 1 N–H and O–H groups in total. The Balaban J connectivity index is 1.24. The van der Waals surface area contributed by atoms with Crippen LogP contribution in [0.15, 0.2) is 73.2 Å². The fourth-order valence-electron chi connectivity index (χ4n) is 4.55. The van der Waals surface area contributed by atoms with Gasteiger partial charge >= 0.3 is 0 Å². The van der Waals surface area contributed by atoms with E-state index in [1.54, 1.807) is 33.5 Å². The zero-order valence-electron chi connectivity index (χ0n) is 24.4. The fraction of sp³-hybridized carbons (Fsp3) is 0.222. The van der Waals surface area contributed by atoms with Gasteiger partial charge in [-0.05, 0) is 56.1 Å². The lowest BCUT2D eigenvalue weighted by atomic mass is 9.79. The Bertz CT molecular complexity index is 1760. The van der Waals surface area contributed by atoms with Gasteiger partial charge in [0.15, 0.2) is 5.82 Å². The molecular weight excluding hydrogens is 473 g/mol. The summed E-state index contributed by atoms with van der Waals surface area (Å²) in [4.78, 5) is 17.2. The first kappa shape index (κ1) is 17.8. The molecule has 1 saturated carbocycles. The number of ether oxygens (including phenoxy) is 1. The molecule has 0 saturated heterocycles. The second kappa shape index (κ2) is 9.45. The molecule has 1 aliphatic carbocycles. The second-order valence-electron chi connectivity index (χ2n) is 8.68. The van der Waals surface area contributed by atoms with Crippen LogP contribution in [0.1, 0.15) is 48.6 Å². The predicted molar refractivity (Wildman–Crippen MR) is 134 cm³/mol. The van der Waals surface area contributed by atoms with Gasteiger partial charge in [-0.2, -0.15) is 5.10 Å². The number of nitrogens with one attached hydrogen (secondary N) is 1. The maximum atomic E-state index is 15.0. The minimum Gasteiger partial charge on any atom is -0.492 e. The molecule has 0 spiro atoms. The molecule has 0 radical (unpaired) electrons. The Kier molecular flexibility index (Phi) is 4.54. The van der Waals surface area contributed by atoms with E-state index in [0.29, 0.717) is 29.7 Å². The minimum absolute atomic E-state index is 0.0965. The normalized spacial score (nSPS) is 19.6. The van der Waals surface area contributed by atoms with Gasteiger partial charge in [0.2, 0.25) is 0 Å². The molecule has 0 unspecified atom stereocenters. The Morgan fingerprint density at radius 3 is 2.84 bits per heavy atom. The predicted octanol–water partition coefficient (Wildman–Crippen LogP) is 4.19. The summed E-state index contributed by atoms with van der Waals surface area (Å²) in [6.45, 7) is -5.92. The third-order valence-corrected chi connectivity index (χ3v) is 6.43. The van der Waals surface area contributed by atoms with Gasteiger partial charge in [-0.25, -0.2) is 13.9 Å². The van der Waals surface area contributed by atoms with Crippen LogP contribution in [0, 0.1) is 5.82 Å². The largest absolute Gasteiger partial charge is 0.492 e. The summed E-state index contributed by atoms with van der Waals surface area (Å²) in [5, 5.41) is 15.9. The van der Waals surface area contributed by atoms with E-state index in [2.05, 4.69) is 25.6 Å². The number of nitrogens with zero attached hydrogens (tertiary/aromatic N) is 6. The van der Waals surface area contributed by atoms with Gasteiger partial charge in [-0.15, -0.1) is 10.2 Å². The van der Waals surface area contributed by atoms with Crippen LogP contribution < -0.4 is 10.1 Å². The summed E-state index contributed by atoms with van der Waals surface area (Å²) < 4.78 is 60.6. The molecule has 0 aliphatic heterocycles. The second-order valence-corrected chi connectivity index (χ2v) is 8.68. The number of carbonyl (C=O) groups is 1.